The van der Waals surface area contributed by atoms with Crippen LogP contribution < -0.4 is 0 Å². The first-order valence-corrected chi connectivity index (χ1v) is 5.97. The van der Waals surface area contributed by atoms with Crippen molar-refractivity contribution < 1.29 is 10.2 Å². The van der Waals surface area contributed by atoms with Crippen LogP contribution >= 0.6 is 0 Å². The summed E-state index contributed by atoms with van der Waals surface area (Å²) in [5.41, 5.74) is 0.320. The highest BCUT2D eigenvalue weighted by atomic mass is 16.3. The molecule has 0 radical (unpaired) electrons. The summed E-state index contributed by atoms with van der Waals surface area (Å²) in [4.78, 5) is 0. The van der Waals surface area contributed by atoms with Crippen LogP contribution in [0.4, 0.5) is 0 Å². The minimum atomic E-state index is -0.0718. The molecule has 0 aromatic rings. The average Bonchev–Trinajstić information content (AvgIpc) is 2.46. The lowest BCUT2D eigenvalue weighted by Gasteiger charge is -2.43. The summed E-state index contributed by atoms with van der Waals surface area (Å²) >= 11 is 0. The van der Waals surface area contributed by atoms with Crippen molar-refractivity contribution in [3.05, 3.63) is 0 Å². The fourth-order valence-electron chi connectivity index (χ4n) is 3.89. The molecule has 0 bridgehead atoms. The molecule has 2 saturated carbocycles. The minimum Gasteiger partial charge on any atom is -0.396 e. The Morgan fingerprint density at radius 1 is 1.29 bits per heavy atom. The first-order chi connectivity index (χ1) is 6.68. The van der Waals surface area contributed by atoms with Gasteiger partial charge in [-0.1, -0.05) is 13.3 Å². The van der Waals surface area contributed by atoms with Gasteiger partial charge in [0.25, 0.3) is 0 Å². The predicted octanol–water partition coefficient (Wildman–Crippen LogP) is 1.95. The van der Waals surface area contributed by atoms with E-state index in [0.29, 0.717) is 23.9 Å². The van der Waals surface area contributed by atoms with E-state index < -0.39 is 0 Å². The van der Waals surface area contributed by atoms with Gasteiger partial charge >= 0.3 is 0 Å². The maximum Gasteiger partial charge on any atom is 0.0573 e. The van der Waals surface area contributed by atoms with E-state index in [1.807, 2.05) is 0 Å². The van der Waals surface area contributed by atoms with Gasteiger partial charge in [0.1, 0.15) is 0 Å². The van der Waals surface area contributed by atoms with Gasteiger partial charge in [-0.15, -0.1) is 0 Å². The summed E-state index contributed by atoms with van der Waals surface area (Å²) in [6.07, 6.45) is 6.64. The number of fused-ring (bicyclic) bond motifs is 1. The zero-order valence-electron chi connectivity index (χ0n) is 9.08. The van der Waals surface area contributed by atoms with E-state index in [0.717, 1.165) is 19.3 Å². The van der Waals surface area contributed by atoms with Crippen molar-refractivity contribution in [2.24, 2.45) is 17.3 Å². The van der Waals surface area contributed by atoms with Gasteiger partial charge in [0, 0.05) is 6.61 Å². The molecule has 0 spiro atoms. The molecule has 14 heavy (non-hydrogen) atoms. The summed E-state index contributed by atoms with van der Waals surface area (Å²) < 4.78 is 0. The van der Waals surface area contributed by atoms with E-state index in [1.54, 1.807) is 0 Å². The van der Waals surface area contributed by atoms with Crippen LogP contribution in [-0.4, -0.2) is 22.9 Å². The molecular formula is C12H22O2. The maximum absolute atomic E-state index is 9.97. The van der Waals surface area contributed by atoms with Gasteiger partial charge < -0.3 is 10.2 Å². The average molecular weight is 198 g/mol. The number of aliphatic hydroxyl groups excluding tert-OH is 2. The summed E-state index contributed by atoms with van der Waals surface area (Å²) in [5.74, 6) is 1.15. The molecule has 0 aromatic heterocycles. The van der Waals surface area contributed by atoms with Crippen molar-refractivity contribution in [2.45, 2.75) is 51.6 Å². The first kappa shape index (κ1) is 10.4. The first-order valence-electron chi connectivity index (χ1n) is 5.97. The number of rotatable bonds is 2. The van der Waals surface area contributed by atoms with Gasteiger partial charge in [-0.05, 0) is 49.4 Å². The minimum absolute atomic E-state index is 0.0718. The van der Waals surface area contributed by atoms with E-state index in [4.69, 9.17) is 5.11 Å². The molecular weight excluding hydrogens is 176 g/mol. The molecule has 4 atom stereocenters. The highest BCUT2D eigenvalue weighted by Gasteiger charge is 2.50. The van der Waals surface area contributed by atoms with E-state index >= 15 is 0 Å². The molecule has 0 aliphatic heterocycles. The number of hydrogen-bond acceptors (Lipinski definition) is 2. The topological polar surface area (TPSA) is 40.5 Å². The number of aliphatic hydroxyl groups is 2. The zero-order valence-corrected chi connectivity index (χ0v) is 9.08. The third-order valence-corrected chi connectivity index (χ3v) is 4.76. The van der Waals surface area contributed by atoms with Gasteiger partial charge in [-0.25, -0.2) is 0 Å². The molecule has 2 unspecified atom stereocenters. The quantitative estimate of drug-likeness (QED) is 0.712. The Hall–Kier alpha value is -0.0800. The van der Waals surface area contributed by atoms with Crippen molar-refractivity contribution in [3.8, 4) is 0 Å². The van der Waals surface area contributed by atoms with Gasteiger partial charge in [-0.3, -0.25) is 0 Å². The van der Waals surface area contributed by atoms with Crippen molar-refractivity contribution in [1.29, 1.82) is 0 Å². The molecule has 82 valence electrons. The van der Waals surface area contributed by atoms with Gasteiger partial charge in [0.05, 0.1) is 6.10 Å². The van der Waals surface area contributed by atoms with Crippen molar-refractivity contribution in [2.75, 3.05) is 6.61 Å². The van der Waals surface area contributed by atoms with Gasteiger partial charge in [-0.2, -0.15) is 0 Å². The highest BCUT2D eigenvalue weighted by Crippen LogP contribution is 2.56. The lowest BCUT2D eigenvalue weighted by Crippen LogP contribution is -2.39. The molecule has 2 fully saturated rings. The van der Waals surface area contributed by atoms with Crippen LogP contribution in [0.2, 0.25) is 0 Å². The fourth-order valence-corrected chi connectivity index (χ4v) is 3.89. The van der Waals surface area contributed by atoms with Crippen LogP contribution in [0.15, 0.2) is 0 Å². The Morgan fingerprint density at radius 2 is 2.07 bits per heavy atom. The molecule has 2 N–H and O–H groups in total. The third-order valence-electron chi connectivity index (χ3n) is 4.76. The molecule has 2 aliphatic carbocycles. The Bertz CT molecular complexity index is 204. The van der Waals surface area contributed by atoms with Crippen molar-refractivity contribution >= 4 is 0 Å². The lowest BCUT2D eigenvalue weighted by atomic mass is 9.64. The van der Waals surface area contributed by atoms with Crippen LogP contribution in [0.1, 0.15) is 45.4 Å². The van der Waals surface area contributed by atoms with Crippen LogP contribution in [0.25, 0.3) is 0 Å². The Balaban J connectivity index is 2.12. The van der Waals surface area contributed by atoms with Crippen molar-refractivity contribution in [1.82, 2.24) is 0 Å². The number of hydrogen-bond donors (Lipinski definition) is 2. The molecule has 0 amide bonds. The van der Waals surface area contributed by atoms with Crippen LogP contribution in [0.3, 0.4) is 0 Å². The zero-order chi connectivity index (χ0) is 10.2. The fraction of sp³-hybridized carbons (Fsp3) is 1.00. The highest BCUT2D eigenvalue weighted by molar-refractivity contribution is 5.00. The van der Waals surface area contributed by atoms with E-state index in [9.17, 15) is 5.11 Å². The molecule has 2 rings (SSSR count). The lowest BCUT2D eigenvalue weighted by molar-refractivity contribution is -0.0207. The molecule has 0 heterocycles. The second-order valence-electron chi connectivity index (χ2n) is 5.36. The monoisotopic (exact) mass is 198 g/mol. The summed E-state index contributed by atoms with van der Waals surface area (Å²) in [7, 11) is 0. The molecule has 2 aliphatic rings. The van der Waals surface area contributed by atoms with Gasteiger partial charge in [0.2, 0.25) is 0 Å². The normalized spacial score (nSPS) is 47.8. The van der Waals surface area contributed by atoms with Crippen LogP contribution in [0.5, 0.6) is 0 Å². The van der Waals surface area contributed by atoms with Crippen LogP contribution in [-0.2, 0) is 0 Å². The smallest absolute Gasteiger partial charge is 0.0573 e. The second kappa shape index (κ2) is 3.82. The summed E-state index contributed by atoms with van der Waals surface area (Å²) in [6.45, 7) is 2.64. The SMILES string of the molecule is C[C@]12CCC[C@H](O)C1CCC2CCO. The summed E-state index contributed by atoms with van der Waals surface area (Å²) in [5, 5.41) is 19.0. The predicted molar refractivity (Wildman–Crippen MR) is 55.9 cm³/mol. The Labute approximate surface area is 86.3 Å². The Kier molecular flexibility index (Phi) is 2.85. The van der Waals surface area contributed by atoms with E-state index in [2.05, 4.69) is 6.92 Å². The maximum atomic E-state index is 9.97. The molecule has 0 saturated heterocycles. The second-order valence-corrected chi connectivity index (χ2v) is 5.36. The van der Waals surface area contributed by atoms with E-state index in [-0.39, 0.29) is 6.10 Å². The molecule has 2 heteroatoms. The standard InChI is InChI=1S/C12H22O2/c1-12-7-2-3-11(14)10(12)5-4-9(12)6-8-13/h9-11,13-14H,2-8H2,1H3/t9?,10?,11-,12+/m0/s1. The van der Waals surface area contributed by atoms with Gasteiger partial charge in [0.15, 0.2) is 0 Å². The van der Waals surface area contributed by atoms with Crippen LogP contribution in [0, 0.1) is 17.3 Å². The molecule has 0 aromatic carbocycles. The van der Waals surface area contributed by atoms with Crippen molar-refractivity contribution in [3.63, 3.8) is 0 Å². The third kappa shape index (κ3) is 1.49. The Morgan fingerprint density at radius 3 is 2.79 bits per heavy atom. The largest absolute Gasteiger partial charge is 0.396 e. The molecule has 2 nitrogen and oxygen atoms in total. The van der Waals surface area contributed by atoms with E-state index in [1.165, 1.54) is 19.3 Å². The summed E-state index contributed by atoms with van der Waals surface area (Å²) in [6, 6.07) is 0.